The molecule has 1 aliphatic rings. The van der Waals surface area contributed by atoms with E-state index >= 15 is 0 Å². The highest BCUT2D eigenvalue weighted by molar-refractivity contribution is 5.42. The average Bonchev–Trinajstić information content (AvgIpc) is 2.41. The molecular formula is C15H20N2O2. The molecule has 0 spiro atoms. The van der Waals surface area contributed by atoms with Crippen LogP contribution < -0.4 is 4.74 Å². The van der Waals surface area contributed by atoms with Crippen LogP contribution in [-0.2, 0) is 6.54 Å². The average molecular weight is 260 g/mol. The fraction of sp³-hybridized carbons (Fsp3) is 0.533. The molecule has 0 saturated carbocycles. The molecule has 19 heavy (non-hydrogen) atoms. The molecule has 1 aromatic carbocycles. The Morgan fingerprint density at radius 1 is 1.42 bits per heavy atom. The van der Waals surface area contributed by atoms with Crippen molar-refractivity contribution in [3.05, 3.63) is 29.3 Å². The first-order valence-electron chi connectivity index (χ1n) is 6.56. The minimum atomic E-state index is -0.533. The summed E-state index contributed by atoms with van der Waals surface area (Å²) in [5.74, 6) is 0.816. The Kier molecular flexibility index (Phi) is 4.08. The molecule has 1 aliphatic heterocycles. The molecule has 2 rings (SSSR count). The quantitative estimate of drug-likeness (QED) is 0.902. The highest BCUT2D eigenvalue weighted by Gasteiger charge is 2.27. The Balaban J connectivity index is 2.09. The van der Waals surface area contributed by atoms with Crippen molar-refractivity contribution in [3.63, 3.8) is 0 Å². The van der Waals surface area contributed by atoms with Crippen LogP contribution in [0.2, 0.25) is 0 Å². The normalized spacial score (nSPS) is 18.8. The zero-order valence-electron chi connectivity index (χ0n) is 11.5. The van der Waals surface area contributed by atoms with Gasteiger partial charge in [-0.1, -0.05) is 0 Å². The van der Waals surface area contributed by atoms with Gasteiger partial charge in [0.15, 0.2) is 0 Å². The van der Waals surface area contributed by atoms with E-state index in [1.54, 1.807) is 13.2 Å². The van der Waals surface area contributed by atoms with Crippen LogP contribution in [0.5, 0.6) is 5.75 Å². The molecule has 4 heteroatoms. The van der Waals surface area contributed by atoms with Crippen LogP contribution in [0.15, 0.2) is 18.2 Å². The predicted octanol–water partition coefficient (Wildman–Crippen LogP) is 1.91. The molecule has 0 amide bonds. The number of aliphatic hydroxyl groups is 1. The number of ether oxygens (including phenoxy) is 1. The SMILES string of the molecule is COc1ccc(C#N)cc1CN1CCC(C)(O)CC1. The summed E-state index contributed by atoms with van der Waals surface area (Å²) in [5, 5.41) is 18.9. The van der Waals surface area contributed by atoms with Crippen molar-refractivity contribution in [2.45, 2.75) is 31.9 Å². The summed E-state index contributed by atoms with van der Waals surface area (Å²) in [7, 11) is 1.64. The van der Waals surface area contributed by atoms with Crippen molar-refractivity contribution in [1.82, 2.24) is 4.90 Å². The summed E-state index contributed by atoms with van der Waals surface area (Å²) in [6, 6.07) is 7.64. The van der Waals surface area contributed by atoms with E-state index in [4.69, 9.17) is 10.00 Å². The van der Waals surface area contributed by atoms with Crippen LogP contribution in [0.3, 0.4) is 0 Å². The van der Waals surface area contributed by atoms with Crippen molar-refractivity contribution in [1.29, 1.82) is 5.26 Å². The van der Waals surface area contributed by atoms with E-state index in [2.05, 4.69) is 11.0 Å². The van der Waals surface area contributed by atoms with Gasteiger partial charge in [-0.05, 0) is 38.0 Å². The Labute approximate surface area is 114 Å². The third-order valence-corrected chi connectivity index (χ3v) is 3.74. The van der Waals surface area contributed by atoms with Crippen molar-refractivity contribution < 1.29 is 9.84 Å². The Bertz CT molecular complexity index is 481. The van der Waals surface area contributed by atoms with Gasteiger partial charge in [0.25, 0.3) is 0 Å². The molecule has 1 heterocycles. The fourth-order valence-electron chi connectivity index (χ4n) is 2.41. The van der Waals surface area contributed by atoms with Gasteiger partial charge in [0.1, 0.15) is 5.75 Å². The van der Waals surface area contributed by atoms with E-state index in [9.17, 15) is 5.11 Å². The van der Waals surface area contributed by atoms with Gasteiger partial charge in [0.2, 0.25) is 0 Å². The van der Waals surface area contributed by atoms with E-state index in [1.165, 1.54) is 0 Å². The van der Waals surface area contributed by atoms with Crippen LogP contribution in [0.1, 0.15) is 30.9 Å². The number of nitriles is 1. The lowest BCUT2D eigenvalue weighted by molar-refractivity contribution is -0.00742. The molecule has 0 bridgehead atoms. The summed E-state index contributed by atoms with van der Waals surface area (Å²) in [4.78, 5) is 2.29. The van der Waals surface area contributed by atoms with Gasteiger partial charge in [0.05, 0.1) is 24.3 Å². The maximum absolute atomic E-state index is 9.95. The predicted molar refractivity (Wildman–Crippen MR) is 72.8 cm³/mol. The molecule has 4 nitrogen and oxygen atoms in total. The van der Waals surface area contributed by atoms with E-state index in [0.29, 0.717) is 5.56 Å². The molecule has 102 valence electrons. The Hall–Kier alpha value is -1.57. The molecule has 1 saturated heterocycles. The van der Waals surface area contributed by atoms with Gasteiger partial charge in [-0.3, -0.25) is 4.90 Å². The summed E-state index contributed by atoms with van der Waals surface area (Å²) >= 11 is 0. The lowest BCUT2D eigenvalue weighted by atomic mass is 9.93. The van der Waals surface area contributed by atoms with Gasteiger partial charge in [0, 0.05) is 25.2 Å². The molecule has 0 radical (unpaired) electrons. The van der Waals surface area contributed by atoms with E-state index in [0.717, 1.165) is 43.8 Å². The molecule has 0 unspecified atom stereocenters. The van der Waals surface area contributed by atoms with E-state index in [1.807, 2.05) is 19.1 Å². The van der Waals surface area contributed by atoms with Crippen molar-refractivity contribution >= 4 is 0 Å². The molecule has 0 atom stereocenters. The van der Waals surface area contributed by atoms with Gasteiger partial charge in [-0.25, -0.2) is 0 Å². The number of hydrogen-bond acceptors (Lipinski definition) is 4. The third kappa shape index (κ3) is 3.46. The summed E-state index contributed by atoms with van der Waals surface area (Å²) in [5.41, 5.74) is 1.15. The number of hydrogen-bond donors (Lipinski definition) is 1. The van der Waals surface area contributed by atoms with Gasteiger partial charge < -0.3 is 9.84 Å². The highest BCUT2D eigenvalue weighted by Crippen LogP contribution is 2.26. The number of methoxy groups -OCH3 is 1. The summed E-state index contributed by atoms with van der Waals surface area (Å²) in [6.45, 7) is 4.38. The highest BCUT2D eigenvalue weighted by atomic mass is 16.5. The largest absolute Gasteiger partial charge is 0.496 e. The third-order valence-electron chi connectivity index (χ3n) is 3.74. The molecule has 0 aromatic heterocycles. The minimum absolute atomic E-state index is 0.533. The second-order valence-electron chi connectivity index (χ2n) is 5.41. The zero-order chi connectivity index (χ0) is 13.9. The Morgan fingerprint density at radius 3 is 2.68 bits per heavy atom. The van der Waals surface area contributed by atoms with Crippen LogP contribution in [0, 0.1) is 11.3 Å². The number of piperidine rings is 1. The van der Waals surface area contributed by atoms with Crippen molar-refractivity contribution in [2.75, 3.05) is 20.2 Å². The molecule has 1 N–H and O–H groups in total. The van der Waals surface area contributed by atoms with Gasteiger partial charge in [-0.15, -0.1) is 0 Å². The maximum atomic E-state index is 9.95. The van der Waals surface area contributed by atoms with E-state index < -0.39 is 5.60 Å². The zero-order valence-corrected chi connectivity index (χ0v) is 11.5. The Morgan fingerprint density at radius 2 is 2.11 bits per heavy atom. The van der Waals surface area contributed by atoms with Crippen LogP contribution in [-0.4, -0.2) is 35.8 Å². The van der Waals surface area contributed by atoms with Crippen LogP contribution in [0.4, 0.5) is 0 Å². The topological polar surface area (TPSA) is 56.5 Å². The smallest absolute Gasteiger partial charge is 0.123 e. The summed E-state index contributed by atoms with van der Waals surface area (Å²) in [6.07, 6.45) is 1.57. The number of rotatable bonds is 3. The molecule has 1 aromatic rings. The van der Waals surface area contributed by atoms with Crippen molar-refractivity contribution in [3.8, 4) is 11.8 Å². The number of likely N-dealkylation sites (tertiary alicyclic amines) is 1. The van der Waals surface area contributed by atoms with Crippen LogP contribution in [0.25, 0.3) is 0 Å². The first-order valence-corrected chi connectivity index (χ1v) is 6.56. The van der Waals surface area contributed by atoms with Gasteiger partial charge in [-0.2, -0.15) is 5.26 Å². The first-order chi connectivity index (χ1) is 9.04. The summed E-state index contributed by atoms with van der Waals surface area (Å²) < 4.78 is 5.34. The number of nitrogens with zero attached hydrogens (tertiary/aromatic N) is 2. The lowest BCUT2D eigenvalue weighted by Crippen LogP contribution is -2.42. The monoisotopic (exact) mass is 260 g/mol. The number of benzene rings is 1. The first kappa shape index (κ1) is 13.9. The maximum Gasteiger partial charge on any atom is 0.123 e. The standard InChI is InChI=1S/C15H20N2O2/c1-15(18)5-7-17(8-6-15)11-13-9-12(10-16)3-4-14(13)19-2/h3-4,9,18H,5-8,11H2,1-2H3. The van der Waals surface area contributed by atoms with Crippen LogP contribution >= 0.6 is 0 Å². The molecular weight excluding hydrogens is 240 g/mol. The fourth-order valence-corrected chi connectivity index (χ4v) is 2.41. The molecule has 1 fully saturated rings. The second kappa shape index (κ2) is 5.60. The van der Waals surface area contributed by atoms with E-state index in [-0.39, 0.29) is 0 Å². The minimum Gasteiger partial charge on any atom is -0.496 e. The van der Waals surface area contributed by atoms with Gasteiger partial charge >= 0.3 is 0 Å². The van der Waals surface area contributed by atoms with Crippen molar-refractivity contribution in [2.24, 2.45) is 0 Å². The molecule has 0 aliphatic carbocycles. The lowest BCUT2D eigenvalue weighted by Gasteiger charge is -2.35. The second-order valence-corrected chi connectivity index (χ2v) is 5.41.